The van der Waals surface area contributed by atoms with Gasteiger partial charge in [-0.2, -0.15) is 0 Å². The maximum Gasteiger partial charge on any atom is 0.339 e. The largest absolute Gasteiger partial charge is 0.462 e. The number of carbonyl (C=O) groups is 1. The second kappa shape index (κ2) is 6.22. The average molecular weight is 278 g/mol. The monoisotopic (exact) mass is 278 g/mol. The van der Waals surface area contributed by atoms with Crippen molar-refractivity contribution in [1.82, 2.24) is 4.98 Å². The summed E-state index contributed by atoms with van der Waals surface area (Å²) in [6.07, 6.45) is 3.71. The van der Waals surface area contributed by atoms with Crippen molar-refractivity contribution in [3.8, 4) is 0 Å². The van der Waals surface area contributed by atoms with Gasteiger partial charge >= 0.3 is 5.97 Å². The van der Waals surface area contributed by atoms with Gasteiger partial charge in [0.15, 0.2) is 0 Å². The fraction of sp³-hybridized carbons (Fsp3) is 0.600. The van der Waals surface area contributed by atoms with Crippen molar-refractivity contribution in [2.45, 2.75) is 32.3 Å². The predicted octanol–water partition coefficient (Wildman–Crippen LogP) is 2.26. The molecular weight excluding hydrogens is 256 g/mol. The maximum absolute atomic E-state index is 11.6. The summed E-state index contributed by atoms with van der Waals surface area (Å²) in [4.78, 5) is 18.2. The lowest BCUT2D eigenvalue weighted by Crippen LogP contribution is -2.47. The molecule has 0 N–H and O–H groups in total. The van der Waals surface area contributed by atoms with Gasteiger partial charge in [-0.3, -0.25) is 0 Å². The van der Waals surface area contributed by atoms with E-state index in [2.05, 4.69) is 16.8 Å². The van der Waals surface area contributed by atoms with E-state index in [1.165, 1.54) is 0 Å². The number of aromatic nitrogens is 1. The highest BCUT2D eigenvalue weighted by atomic mass is 16.5. The normalized spacial score (nSPS) is 22.6. The van der Waals surface area contributed by atoms with Crippen molar-refractivity contribution in [2.75, 3.05) is 31.7 Å². The predicted molar refractivity (Wildman–Crippen MR) is 77.1 cm³/mol. The number of esters is 1. The molecule has 20 heavy (non-hydrogen) atoms. The van der Waals surface area contributed by atoms with E-state index in [4.69, 9.17) is 9.47 Å². The average Bonchev–Trinajstić information content (AvgIpc) is 2.48. The zero-order valence-corrected chi connectivity index (χ0v) is 12.4. The van der Waals surface area contributed by atoms with E-state index < -0.39 is 0 Å². The van der Waals surface area contributed by atoms with Gasteiger partial charge in [0.05, 0.1) is 17.8 Å². The fourth-order valence-corrected chi connectivity index (χ4v) is 2.48. The summed E-state index contributed by atoms with van der Waals surface area (Å²) in [6.45, 7) is 6.06. The lowest BCUT2D eigenvalue weighted by molar-refractivity contribution is -0.00482. The Morgan fingerprint density at radius 2 is 2.30 bits per heavy atom. The Balaban J connectivity index is 2.08. The molecule has 110 valence electrons. The highest BCUT2D eigenvalue weighted by Crippen LogP contribution is 2.26. The number of nitrogens with zero attached hydrogens (tertiary/aromatic N) is 2. The quantitative estimate of drug-likeness (QED) is 0.791. The van der Waals surface area contributed by atoms with Gasteiger partial charge in [0.1, 0.15) is 5.82 Å². The third kappa shape index (κ3) is 3.28. The summed E-state index contributed by atoms with van der Waals surface area (Å²) in [6, 6.07) is 3.63. The minimum atomic E-state index is -0.327. The summed E-state index contributed by atoms with van der Waals surface area (Å²) < 4.78 is 10.5. The molecule has 1 aliphatic rings. The number of methoxy groups -OCH3 is 1. The summed E-state index contributed by atoms with van der Waals surface area (Å²) in [5.41, 5.74) is 0.363. The van der Waals surface area contributed by atoms with Gasteiger partial charge in [0, 0.05) is 26.4 Å². The molecule has 1 aliphatic heterocycles. The molecule has 1 aromatic rings. The van der Waals surface area contributed by atoms with E-state index in [9.17, 15) is 4.79 Å². The molecule has 0 spiro atoms. The van der Waals surface area contributed by atoms with Gasteiger partial charge in [0.2, 0.25) is 0 Å². The topological polar surface area (TPSA) is 51.7 Å². The molecule has 1 atom stereocenters. The van der Waals surface area contributed by atoms with E-state index in [1.807, 2.05) is 6.07 Å². The van der Waals surface area contributed by atoms with Crippen molar-refractivity contribution in [1.29, 1.82) is 0 Å². The van der Waals surface area contributed by atoms with Crippen LogP contribution in [0.3, 0.4) is 0 Å². The Bertz CT molecular complexity index is 461. The second-order valence-corrected chi connectivity index (χ2v) is 5.30. The van der Waals surface area contributed by atoms with Gasteiger partial charge in [-0.1, -0.05) is 0 Å². The summed E-state index contributed by atoms with van der Waals surface area (Å²) in [7, 11) is 1.75. The van der Waals surface area contributed by atoms with Crippen LogP contribution < -0.4 is 4.90 Å². The smallest absolute Gasteiger partial charge is 0.339 e. The first-order chi connectivity index (χ1) is 9.58. The third-order valence-corrected chi connectivity index (χ3v) is 3.73. The van der Waals surface area contributed by atoms with Crippen LogP contribution in [0.15, 0.2) is 18.3 Å². The maximum atomic E-state index is 11.6. The Kier molecular flexibility index (Phi) is 4.60. The number of anilines is 1. The molecule has 1 aromatic heterocycles. The zero-order valence-electron chi connectivity index (χ0n) is 12.4. The van der Waals surface area contributed by atoms with Crippen LogP contribution in [0.1, 0.15) is 37.0 Å². The Hall–Kier alpha value is -1.62. The standard InChI is InChI=1S/C15H22N2O3/c1-4-20-14(18)12-6-7-13(16-10-12)17-9-5-8-15(2,11-17)19-3/h6-7,10H,4-5,8-9,11H2,1-3H3. The van der Waals surface area contributed by atoms with E-state index >= 15 is 0 Å². The molecule has 1 unspecified atom stereocenters. The number of pyridine rings is 1. The summed E-state index contributed by atoms with van der Waals surface area (Å²) in [5.74, 6) is 0.549. The molecule has 1 fully saturated rings. The Morgan fingerprint density at radius 1 is 1.50 bits per heavy atom. The molecule has 0 amide bonds. The van der Waals surface area contributed by atoms with Crippen molar-refractivity contribution >= 4 is 11.8 Å². The van der Waals surface area contributed by atoms with Crippen LogP contribution >= 0.6 is 0 Å². The van der Waals surface area contributed by atoms with Crippen molar-refractivity contribution < 1.29 is 14.3 Å². The van der Waals surface area contributed by atoms with Crippen molar-refractivity contribution in [3.63, 3.8) is 0 Å². The molecule has 0 saturated carbocycles. The number of piperidine rings is 1. The first-order valence-corrected chi connectivity index (χ1v) is 7.01. The fourth-order valence-electron chi connectivity index (χ4n) is 2.48. The van der Waals surface area contributed by atoms with Gasteiger partial charge in [-0.25, -0.2) is 9.78 Å². The van der Waals surface area contributed by atoms with E-state index in [-0.39, 0.29) is 11.6 Å². The molecule has 0 bridgehead atoms. The number of hydrogen-bond acceptors (Lipinski definition) is 5. The van der Waals surface area contributed by atoms with E-state index in [1.54, 1.807) is 26.3 Å². The van der Waals surface area contributed by atoms with Crippen LogP contribution in [0, 0.1) is 0 Å². The molecule has 5 heteroatoms. The van der Waals surface area contributed by atoms with Crippen LogP contribution in [-0.2, 0) is 9.47 Å². The van der Waals surface area contributed by atoms with Gasteiger partial charge in [0.25, 0.3) is 0 Å². The second-order valence-electron chi connectivity index (χ2n) is 5.30. The van der Waals surface area contributed by atoms with E-state index in [0.717, 1.165) is 31.7 Å². The summed E-state index contributed by atoms with van der Waals surface area (Å²) in [5, 5.41) is 0. The summed E-state index contributed by atoms with van der Waals surface area (Å²) >= 11 is 0. The molecule has 1 saturated heterocycles. The van der Waals surface area contributed by atoms with Crippen LogP contribution in [0.2, 0.25) is 0 Å². The van der Waals surface area contributed by atoms with Crippen LogP contribution in [0.25, 0.3) is 0 Å². The van der Waals surface area contributed by atoms with Crippen LogP contribution in [0.5, 0.6) is 0 Å². The minimum Gasteiger partial charge on any atom is -0.462 e. The number of hydrogen-bond donors (Lipinski definition) is 0. The van der Waals surface area contributed by atoms with E-state index in [0.29, 0.717) is 12.2 Å². The Labute approximate surface area is 119 Å². The van der Waals surface area contributed by atoms with Gasteiger partial charge in [-0.05, 0) is 38.8 Å². The first kappa shape index (κ1) is 14.8. The number of ether oxygens (including phenoxy) is 2. The third-order valence-electron chi connectivity index (χ3n) is 3.73. The molecule has 5 nitrogen and oxygen atoms in total. The molecule has 0 aromatic carbocycles. The highest BCUT2D eigenvalue weighted by Gasteiger charge is 2.31. The lowest BCUT2D eigenvalue weighted by atomic mass is 9.95. The Morgan fingerprint density at radius 3 is 2.90 bits per heavy atom. The molecule has 0 radical (unpaired) electrons. The SMILES string of the molecule is CCOC(=O)c1ccc(N2CCCC(C)(OC)C2)nc1. The van der Waals surface area contributed by atoms with Crippen LogP contribution in [-0.4, -0.2) is 43.4 Å². The molecule has 2 rings (SSSR count). The molecule has 0 aliphatic carbocycles. The lowest BCUT2D eigenvalue weighted by Gasteiger charge is -2.40. The number of carbonyl (C=O) groups excluding carboxylic acids is 1. The van der Waals surface area contributed by atoms with Gasteiger partial charge in [-0.15, -0.1) is 0 Å². The zero-order chi connectivity index (χ0) is 14.6. The first-order valence-electron chi connectivity index (χ1n) is 7.01. The minimum absolute atomic E-state index is 0.125. The molecular formula is C15H22N2O3. The molecule has 2 heterocycles. The van der Waals surface area contributed by atoms with Crippen molar-refractivity contribution in [3.05, 3.63) is 23.9 Å². The number of rotatable bonds is 4. The van der Waals surface area contributed by atoms with Crippen molar-refractivity contribution in [2.24, 2.45) is 0 Å². The highest BCUT2D eigenvalue weighted by molar-refractivity contribution is 5.89. The van der Waals surface area contributed by atoms with Crippen LogP contribution in [0.4, 0.5) is 5.82 Å². The van der Waals surface area contributed by atoms with Gasteiger partial charge < -0.3 is 14.4 Å².